The first-order valence-corrected chi connectivity index (χ1v) is 7.07. The molecule has 3 rings (SSSR count). The van der Waals surface area contributed by atoms with Crippen molar-refractivity contribution in [3.63, 3.8) is 0 Å². The number of ether oxygens (including phenoxy) is 1. The molecule has 16 heavy (non-hydrogen) atoms. The second kappa shape index (κ2) is 4.09. The van der Waals surface area contributed by atoms with Crippen molar-refractivity contribution in [2.45, 2.75) is 9.79 Å². The van der Waals surface area contributed by atoms with Crippen LogP contribution in [0.25, 0.3) is 0 Å². The largest absolute Gasteiger partial charge is 0.455 e. The van der Waals surface area contributed by atoms with Gasteiger partial charge in [0.15, 0.2) is 0 Å². The minimum atomic E-state index is 0.911. The predicted molar refractivity (Wildman–Crippen MR) is 72.5 cm³/mol. The molecule has 0 unspecified atom stereocenters. The van der Waals surface area contributed by atoms with Crippen molar-refractivity contribution >= 4 is 43.6 Å². The van der Waals surface area contributed by atoms with Crippen molar-refractivity contribution in [2.24, 2.45) is 0 Å². The van der Waals surface area contributed by atoms with Gasteiger partial charge in [0.1, 0.15) is 11.5 Å². The maximum absolute atomic E-state index is 5.84. The van der Waals surface area contributed by atoms with E-state index in [0.717, 1.165) is 30.2 Å². The van der Waals surface area contributed by atoms with Crippen LogP contribution in [0, 0.1) is 0 Å². The van der Waals surface area contributed by atoms with Crippen LogP contribution in [0.15, 0.2) is 55.1 Å². The second-order valence-electron chi connectivity index (χ2n) is 3.39. The number of hydrogen-bond acceptors (Lipinski definition) is 2. The number of halogens is 2. The van der Waals surface area contributed by atoms with Gasteiger partial charge in [-0.3, -0.25) is 0 Å². The van der Waals surface area contributed by atoms with Crippen LogP contribution in [-0.4, -0.2) is 0 Å². The highest BCUT2D eigenvalue weighted by molar-refractivity contribution is 9.10. The third-order valence-corrected chi connectivity index (χ3v) is 4.33. The van der Waals surface area contributed by atoms with E-state index in [-0.39, 0.29) is 0 Å². The Bertz CT molecular complexity index is 517. The minimum absolute atomic E-state index is 0.911. The van der Waals surface area contributed by atoms with Gasteiger partial charge >= 0.3 is 0 Å². The summed E-state index contributed by atoms with van der Waals surface area (Å²) in [4.78, 5) is 2.29. The Hall–Kier alpha value is -0.450. The van der Waals surface area contributed by atoms with Gasteiger partial charge in [-0.1, -0.05) is 43.6 Å². The van der Waals surface area contributed by atoms with E-state index < -0.39 is 0 Å². The molecule has 0 saturated heterocycles. The van der Waals surface area contributed by atoms with Gasteiger partial charge in [-0.15, -0.1) is 0 Å². The topological polar surface area (TPSA) is 9.23 Å². The molecular weight excluding hydrogens is 352 g/mol. The van der Waals surface area contributed by atoms with Crippen LogP contribution in [0.2, 0.25) is 0 Å². The van der Waals surface area contributed by atoms with E-state index in [9.17, 15) is 0 Å². The van der Waals surface area contributed by atoms with Gasteiger partial charge in [0.2, 0.25) is 0 Å². The molecular formula is C12H6Br2OS. The van der Waals surface area contributed by atoms with E-state index in [1.165, 1.54) is 0 Å². The Balaban J connectivity index is 2.09. The summed E-state index contributed by atoms with van der Waals surface area (Å²) in [7, 11) is 0. The molecule has 0 spiro atoms. The number of fused-ring (bicyclic) bond motifs is 2. The lowest BCUT2D eigenvalue weighted by molar-refractivity contribution is 0.454. The molecule has 0 aromatic heterocycles. The molecule has 0 amide bonds. The lowest BCUT2D eigenvalue weighted by Crippen LogP contribution is -1.94. The molecule has 0 N–H and O–H groups in total. The van der Waals surface area contributed by atoms with Gasteiger partial charge in [0.25, 0.3) is 0 Å². The zero-order valence-corrected chi connectivity index (χ0v) is 12.0. The minimum Gasteiger partial charge on any atom is -0.455 e. The first-order valence-electron chi connectivity index (χ1n) is 4.67. The number of hydrogen-bond donors (Lipinski definition) is 0. The zero-order valence-electron chi connectivity index (χ0n) is 8.04. The van der Waals surface area contributed by atoms with Gasteiger partial charge in [0.05, 0.1) is 9.79 Å². The quantitative estimate of drug-likeness (QED) is 0.527. The third-order valence-electron chi connectivity index (χ3n) is 2.25. The van der Waals surface area contributed by atoms with E-state index in [2.05, 4.69) is 44.0 Å². The molecule has 0 aliphatic carbocycles. The van der Waals surface area contributed by atoms with Crippen molar-refractivity contribution in [3.05, 3.63) is 45.3 Å². The maximum atomic E-state index is 5.84. The molecule has 4 heteroatoms. The highest BCUT2D eigenvalue weighted by Gasteiger charge is 2.17. The molecule has 0 radical (unpaired) electrons. The number of benzene rings is 2. The summed E-state index contributed by atoms with van der Waals surface area (Å²) >= 11 is 8.64. The smallest absolute Gasteiger partial charge is 0.142 e. The van der Waals surface area contributed by atoms with Gasteiger partial charge in [0, 0.05) is 8.95 Å². The SMILES string of the molecule is Brc1ccc2c(c1)Oc1ccc(Br)cc1S2. The van der Waals surface area contributed by atoms with Crippen LogP contribution >= 0.6 is 43.6 Å². The first kappa shape index (κ1) is 10.7. The predicted octanol–water partition coefficient (Wildman–Crippen LogP) is 5.47. The Morgan fingerprint density at radius 1 is 0.812 bits per heavy atom. The van der Waals surface area contributed by atoms with E-state index in [0.29, 0.717) is 0 Å². The Labute approximate surface area is 114 Å². The van der Waals surface area contributed by atoms with Crippen molar-refractivity contribution in [1.82, 2.24) is 0 Å². The summed E-state index contributed by atoms with van der Waals surface area (Å²) in [5.41, 5.74) is 0. The van der Waals surface area contributed by atoms with Crippen LogP contribution in [0.3, 0.4) is 0 Å². The highest BCUT2D eigenvalue weighted by atomic mass is 79.9. The van der Waals surface area contributed by atoms with E-state index in [1.807, 2.05) is 24.3 Å². The summed E-state index contributed by atoms with van der Waals surface area (Å²) in [5.74, 6) is 1.83. The Kier molecular flexibility index (Phi) is 2.73. The Morgan fingerprint density at radius 3 is 2.44 bits per heavy atom. The summed E-state index contributed by atoms with van der Waals surface area (Å²) < 4.78 is 7.95. The monoisotopic (exact) mass is 356 g/mol. The normalized spacial score (nSPS) is 12.6. The zero-order chi connectivity index (χ0) is 11.1. The summed E-state index contributed by atoms with van der Waals surface area (Å²) in [6, 6.07) is 12.1. The third kappa shape index (κ3) is 1.90. The van der Waals surface area contributed by atoms with E-state index in [1.54, 1.807) is 11.8 Å². The fraction of sp³-hybridized carbons (Fsp3) is 0. The van der Waals surface area contributed by atoms with Crippen molar-refractivity contribution in [1.29, 1.82) is 0 Å². The fourth-order valence-corrected chi connectivity index (χ4v) is 3.35. The molecule has 0 fully saturated rings. The van der Waals surface area contributed by atoms with Crippen molar-refractivity contribution in [3.8, 4) is 11.5 Å². The standard InChI is InChI=1S/C12H6Br2OS/c13-7-2-4-11-10(5-7)15-9-3-1-8(14)6-12(9)16-11/h1-6H. The molecule has 80 valence electrons. The molecule has 1 aliphatic rings. The van der Waals surface area contributed by atoms with E-state index >= 15 is 0 Å². The van der Waals surface area contributed by atoms with Crippen LogP contribution < -0.4 is 4.74 Å². The Morgan fingerprint density at radius 2 is 1.56 bits per heavy atom. The van der Waals surface area contributed by atoms with Crippen LogP contribution in [0.4, 0.5) is 0 Å². The molecule has 0 saturated carbocycles. The lowest BCUT2D eigenvalue weighted by Gasteiger charge is -2.19. The van der Waals surface area contributed by atoms with Gasteiger partial charge in [-0.05, 0) is 36.4 Å². The van der Waals surface area contributed by atoms with Crippen molar-refractivity contribution < 1.29 is 4.74 Å². The summed E-state index contributed by atoms with van der Waals surface area (Å²) in [6.07, 6.45) is 0. The summed E-state index contributed by atoms with van der Waals surface area (Å²) in [5, 5.41) is 0. The molecule has 0 atom stereocenters. The van der Waals surface area contributed by atoms with Gasteiger partial charge in [-0.2, -0.15) is 0 Å². The molecule has 0 bridgehead atoms. The van der Waals surface area contributed by atoms with Gasteiger partial charge in [-0.25, -0.2) is 0 Å². The van der Waals surface area contributed by atoms with Gasteiger partial charge < -0.3 is 4.74 Å². The molecule has 2 aromatic carbocycles. The number of rotatable bonds is 0. The maximum Gasteiger partial charge on any atom is 0.142 e. The molecule has 1 nitrogen and oxygen atoms in total. The van der Waals surface area contributed by atoms with Crippen LogP contribution in [-0.2, 0) is 0 Å². The van der Waals surface area contributed by atoms with E-state index in [4.69, 9.17) is 4.74 Å². The van der Waals surface area contributed by atoms with Crippen molar-refractivity contribution in [2.75, 3.05) is 0 Å². The molecule has 1 heterocycles. The highest BCUT2D eigenvalue weighted by Crippen LogP contribution is 2.48. The fourth-order valence-electron chi connectivity index (χ4n) is 1.53. The average molecular weight is 358 g/mol. The summed E-state index contributed by atoms with van der Waals surface area (Å²) in [6.45, 7) is 0. The first-order chi connectivity index (χ1) is 7.72. The average Bonchev–Trinajstić information content (AvgIpc) is 2.26. The van der Waals surface area contributed by atoms with Crippen LogP contribution in [0.1, 0.15) is 0 Å². The second-order valence-corrected chi connectivity index (χ2v) is 6.30. The lowest BCUT2D eigenvalue weighted by atomic mass is 10.3. The molecule has 1 aliphatic heterocycles. The van der Waals surface area contributed by atoms with Crippen LogP contribution in [0.5, 0.6) is 11.5 Å². The molecule has 2 aromatic rings.